The van der Waals surface area contributed by atoms with Gasteiger partial charge >= 0.3 is 5.97 Å². The lowest BCUT2D eigenvalue weighted by Crippen LogP contribution is -2.11. The highest BCUT2D eigenvalue weighted by molar-refractivity contribution is 5.89. The van der Waals surface area contributed by atoms with Gasteiger partial charge in [-0.2, -0.15) is 0 Å². The highest BCUT2D eigenvalue weighted by atomic mass is 16.5. The molecule has 3 heteroatoms. The predicted molar refractivity (Wildman–Crippen MR) is 59.6 cm³/mol. The molecule has 15 heavy (non-hydrogen) atoms. The molecule has 2 N–H and O–H groups in total. The van der Waals surface area contributed by atoms with Gasteiger partial charge in [0.1, 0.15) is 0 Å². The first kappa shape index (κ1) is 11.7. The van der Waals surface area contributed by atoms with E-state index < -0.39 is 0 Å². The van der Waals surface area contributed by atoms with Crippen molar-refractivity contribution in [1.29, 1.82) is 0 Å². The second-order valence-electron chi connectivity index (χ2n) is 3.51. The molecule has 0 bridgehead atoms. The van der Waals surface area contributed by atoms with Gasteiger partial charge in [0.25, 0.3) is 0 Å². The zero-order valence-electron chi connectivity index (χ0n) is 9.19. The van der Waals surface area contributed by atoms with Gasteiger partial charge in [-0.1, -0.05) is 25.5 Å². The molecule has 0 unspecified atom stereocenters. The third kappa shape index (κ3) is 3.06. The van der Waals surface area contributed by atoms with E-state index in [0.717, 1.165) is 18.4 Å². The fraction of sp³-hybridized carbons (Fsp3) is 0.417. The number of methoxy groups -OCH3 is 1. The fourth-order valence-electron chi connectivity index (χ4n) is 1.49. The Morgan fingerprint density at radius 3 is 2.87 bits per heavy atom. The van der Waals surface area contributed by atoms with Gasteiger partial charge in [-0.3, -0.25) is 0 Å². The smallest absolute Gasteiger partial charge is 0.337 e. The van der Waals surface area contributed by atoms with Crippen molar-refractivity contribution >= 4 is 5.97 Å². The highest BCUT2D eigenvalue weighted by Crippen LogP contribution is 2.17. The van der Waals surface area contributed by atoms with Crippen LogP contribution in [0.2, 0.25) is 0 Å². The van der Waals surface area contributed by atoms with Gasteiger partial charge in [0.05, 0.1) is 12.7 Å². The summed E-state index contributed by atoms with van der Waals surface area (Å²) in [5.74, 6) is -0.319. The Morgan fingerprint density at radius 1 is 1.53 bits per heavy atom. The standard InChI is InChI=1S/C12H17NO2/c1-3-5-11(13)9-6-4-7-10(8-9)12(14)15-2/h4,6-8,11H,3,5,13H2,1-2H3/t11-/m0/s1. The summed E-state index contributed by atoms with van der Waals surface area (Å²) in [6, 6.07) is 7.30. The first-order chi connectivity index (χ1) is 7.19. The van der Waals surface area contributed by atoms with E-state index in [1.165, 1.54) is 7.11 Å². The summed E-state index contributed by atoms with van der Waals surface area (Å²) in [5.41, 5.74) is 7.51. The van der Waals surface area contributed by atoms with Crippen molar-refractivity contribution in [3.63, 3.8) is 0 Å². The molecule has 1 aromatic carbocycles. The number of hydrogen-bond donors (Lipinski definition) is 1. The number of rotatable bonds is 4. The second kappa shape index (κ2) is 5.51. The summed E-state index contributed by atoms with van der Waals surface area (Å²) in [4.78, 5) is 11.3. The van der Waals surface area contributed by atoms with Crippen LogP contribution in [0.5, 0.6) is 0 Å². The largest absolute Gasteiger partial charge is 0.465 e. The minimum atomic E-state index is -0.319. The van der Waals surface area contributed by atoms with Gasteiger partial charge in [0.15, 0.2) is 0 Å². The van der Waals surface area contributed by atoms with Crippen molar-refractivity contribution in [2.75, 3.05) is 7.11 Å². The Labute approximate surface area is 90.2 Å². The van der Waals surface area contributed by atoms with Crippen molar-refractivity contribution in [3.05, 3.63) is 35.4 Å². The molecule has 0 amide bonds. The molecule has 0 spiro atoms. The molecule has 0 heterocycles. The van der Waals surface area contributed by atoms with Crippen molar-refractivity contribution < 1.29 is 9.53 Å². The molecule has 0 saturated heterocycles. The van der Waals surface area contributed by atoms with Crippen molar-refractivity contribution in [3.8, 4) is 0 Å². The molecule has 0 aromatic heterocycles. The molecule has 0 saturated carbocycles. The van der Waals surface area contributed by atoms with Gasteiger partial charge in [0, 0.05) is 6.04 Å². The van der Waals surface area contributed by atoms with E-state index in [9.17, 15) is 4.79 Å². The van der Waals surface area contributed by atoms with Crippen LogP contribution in [-0.2, 0) is 4.74 Å². The number of carbonyl (C=O) groups excluding carboxylic acids is 1. The Balaban J connectivity index is 2.87. The Bertz CT molecular complexity index is 336. The van der Waals surface area contributed by atoms with E-state index in [4.69, 9.17) is 5.73 Å². The van der Waals surface area contributed by atoms with Crippen LogP contribution in [0.1, 0.15) is 41.7 Å². The Morgan fingerprint density at radius 2 is 2.27 bits per heavy atom. The Hall–Kier alpha value is -1.35. The molecule has 0 radical (unpaired) electrons. The first-order valence-corrected chi connectivity index (χ1v) is 5.13. The van der Waals surface area contributed by atoms with E-state index >= 15 is 0 Å². The van der Waals surface area contributed by atoms with Gasteiger partial charge in [-0.05, 0) is 24.1 Å². The third-order valence-electron chi connectivity index (χ3n) is 2.34. The molecule has 1 rings (SSSR count). The maximum absolute atomic E-state index is 11.3. The topological polar surface area (TPSA) is 52.3 Å². The molecule has 0 aliphatic rings. The number of ether oxygens (including phenoxy) is 1. The van der Waals surface area contributed by atoms with Crippen LogP contribution in [0.4, 0.5) is 0 Å². The quantitative estimate of drug-likeness (QED) is 0.770. The minimum absolute atomic E-state index is 0.000365. The minimum Gasteiger partial charge on any atom is -0.465 e. The van der Waals surface area contributed by atoms with Crippen molar-refractivity contribution in [2.45, 2.75) is 25.8 Å². The van der Waals surface area contributed by atoms with E-state index in [2.05, 4.69) is 11.7 Å². The molecule has 0 fully saturated rings. The average Bonchev–Trinajstić information content (AvgIpc) is 2.28. The molecule has 1 aromatic rings. The SMILES string of the molecule is CCC[C@H](N)c1cccc(C(=O)OC)c1. The summed E-state index contributed by atoms with van der Waals surface area (Å²) in [6.07, 6.45) is 1.95. The molecule has 1 atom stereocenters. The zero-order valence-corrected chi connectivity index (χ0v) is 9.19. The van der Waals surface area contributed by atoms with Gasteiger partial charge in [-0.15, -0.1) is 0 Å². The summed E-state index contributed by atoms with van der Waals surface area (Å²) in [5, 5.41) is 0. The maximum Gasteiger partial charge on any atom is 0.337 e. The van der Waals surface area contributed by atoms with Crippen LogP contribution in [0, 0.1) is 0 Å². The number of nitrogens with two attached hydrogens (primary N) is 1. The van der Waals surface area contributed by atoms with Gasteiger partial charge in [0.2, 0.25) is 0 Å². The van der Waals surface area contributed by atoms with E-state index in [1.54, 1.807) is 12.1 Å². The molecular formula is C12H17NO2. The van der Waals surface area contributed by atoms with Crippen LogP contribution >= 0.6 is 0 Å². The van der Waals surface area contributed by atoms with Crippen LogP contribution in [-0.4, -0.2) is 13.1 Å². The van der Waals surface area contributed by atoms with Crippen molar-refractivity contribution in [2.24, 2.45) is 5.73 Å². The summed E-state index contributed by atoms with van der Waals surface area (Å²) in [6.45, 7) is 2.09. The first-order valence-electron chi connectivity index (χ1n) is 5.13. The summed E-state index contributed by atoms with van der Waals surface area (Å²) in [7, 11) is 1.38. The van der Waals surface area contributed by atoms with E-state index in [0.29, 0.717) is 5.56 Å². The third-order valence-corrected chi connectivity index (χ3v) is 2.34. The predicted octanol–water partition coefficient (Wildman–Crippen LogP) is 2.27. The summed E-state index contributed by atoms with van der Waals surface area (Å²) >= 11 is 0. The maximum atomic E-state index is 11.3. The van der Waals surface area contributed by atoms with Crippen LogP contribution in [0.3, 0.4) is 0 Å². The van der Waals surface area contributed by atoms with Crippen molar-refractivity contribution in [1.82, 2.24) is 0 Å². The fourth-order valence-corrected chi connectivity index (χ4v) is 1.49. The number of hydrogen-bond acceptors (Lipinski definition) is 3. The Kier molecular flexibility index (Phi) is 4.31. The van der Waals surface area contributed by atoms with Crippen LogP contribution in [0.25, 0.3) is 0 Å². The molecule has 3 nitrogen and oxygen atoms in total. The molecular weight excluding hydrogens is 190 g/mol. The second-order valence-corrected chi connectivity index (χ2v) is 3.51. The lowest BCUT2D eigenvalue weighted by molar-refractivity contribution is 0.0600. The molecule has 0 aliphatic heterocycles. The molecule has 0 aliphatic carbocycles. The van der Waals surface area contributed by atoms with Crippen LogP contribution in [0.15, 0.2) is 24.3 Å². The summed E-state index contributed by atoms with van der Waals surface area (Å²) < 4.78 is 4.65. The number of benzene rings is 1. The van der Waals surface area contributed by atoms with E-state index in [-0.39, 0.29) is 12.0 Å². The van der Waals surface area contributed by atoms with Gasteiger partial charge < -0.3 is 10.5 Å². The average molecular weight is 207 g/mol. The zero-order chi connectivity index (χ0) is 11.3. The normalized spacial score (nSPS) is 12.2. The van der Waals surface area contributed by atoms with Crippen LogP contribution < -0.4 is 5.73 Å². The van der Waals surface area contributed by atoms with E-state index in [1.807, 2.05) is 12.1 Å². The molecule has 82 valence electrons. The number of carbonyl (C=O) groups is 1. The monoisotopic (exact) mass is 207 g/mol. The lowest BCUT2D eigenvalue weighted by atomic mass is 10.0. The lowest BCUT2D eigenvalue weighted by Gasteiger charge is -2.11. The van der Waals surface area contributed by atoms with Gasteiger partial charge in [-0.25, -0.2) is 4.79 Å². The highest BCUT2D eigenvalue weighted by Gasteiger charge is 2.09. The number of esters is 1.